The van der Waals surface area contributed by atoms with E-state index >= 15 is 0 Å². The van der Waals surface area contributed by atoms with Gasteiger partial charge in [0.25, 0.3) is 0 Å². The first kappa shape index (κ1) is 13.2. The van der Waals surface area contributed by atoms with Crippen LogP contribution in [0.4, 0.5) is 0 Å². The second kappa shape index (κ2) is 5.71. The average molecular weight is 271 g/mol. The van der Waals surface area contributed by atoms with E-state index in [1.807, 2.05) is 6.92 Å². The lowest BCUT2D eigenvalue weighted by Crippen LogP contribution is -2.17. The summed E-state index contributed by atoms with van der Waals surface area (Å²) in [6.07, 6.45) is 11.5. The molecule has 2 aromatic rings. The molecule has 2 heterocycles. The maximum absolute atomic E-state index is 6.17. The topological polar surface area (TPSA) is 69.6 Å². The van der Waals surface area contributed by atoms with Crippen molar-refractivity contribution in [2.24, 2.45) is 5.73 Å². The van der Waals surface area contributed by atoms with Gasteiger partial charge < -0.3 is 5.73 Å². The van der Waals surface area contributed by atoms with E-state index in [0.717, 1.165) is 11.3 Å². The molecule has 1 unspecified atom stereocenters. The van der Waals surface area contributed by atoms with E-state index in [2.05, 4.69) is 32.0 Å². The van der Waals surface area contributed by atoms with Crippen molar-refractivity contribution in [3.8, 4) is 0 Å². The molecule has 0 bridgehead atoms. The van der Waals surface area contributed by atoms with Crippen molar-refractivity contribution in [3.63, 3.8) is 0 Å². The molecule has 0 radical (unpaired) electrons. The maximum atomic E-state index is 6.17. The first-order valence-corrected chi connectivity index (χ1v) is 7.30. The van der Waals surface area contributed by atoms with Gasteiger partial charge in [-0.15, -0.1) is 0 Å². The standard InChI is InChI=1S/C15H21N5/c1-11-9-17-15(18-10-11)14(16)8-12-6-7-20(19-12)13-4-2-3-5-13/h6-7,9-10,13-14H,2-5,8,16H2,1H3. The minimum absolute atomic E-state index is 0.192. The minimum Gasteiger partial charge on any atom is -0.321 e. The highest BCUT2D eigenvalue weighted by Gasteiger charge is 2.18. The molecule has 1 fully saturated rings. The zero-order valence-corrected chi connectivity index (χ0v) is 11.9. The van der Waals surface area contributed by atoms with Crippen molar-refractivity contribution in [2.75, 3.05) is 0 Å². The number of rotatable bonds is 4. The summed E-state index contributed by atoms with van der Waals surface area (Å²) in [7, 11) is 0. The quantitative estimate of drug-likeness (QED) is 0.926. The highest BCUT2D eigenvalue weighted by molar-refractivity contribution is 5.09. The van der Waals surface area contributed by atoms with Crippen LogP contribution in [0.1, 0.15) is 54.8 Å². The molecule has 1 aliphatic rings. The second-order valence-corrected chi connectivity index (χ2v) is 5.65. The van der Waals surface area contributed by atoms with Crippen LogP contribution in [0.15, 0.2) is 24.7 Å². The molecule has 0 spiro atoms. The molecule has 20 heavy (non-hydrogen) atoms. The molecule has 2 aromatic heterocycles. The third kappa shape index (κ3) is 2.88. The molecule has 5 heteroatoms. The predicted octanol–water partition coefficient (Wildman–Crippen LogP) is 2.34. The van der Waals surface area contributed by atoms with Gasteiger partial charge in [0, 0.05) is 25.0 Å². The van der Waals surface area contributed by atoms with Crippen LogP contribution in [0.2, 0.25) is 0 Å². The summed E-state index contributed by atoms with van der Waals surface area (Å²) < 4.78 is 2.10. The number of aryl methyl sites for hydroxylation is 1. The molecule has 1 aliphatic carbocycles. The lowest BCUT2D eigenvalue weighted by atomic mass is 10.1. The van der Waals surface area contributed by atoms with E-state index in [0.29, 0.717) is 18.3 Å². The van der Waals surface area contributed by atoms with E-state index < -0.39 is 0 Å². The lowest BCUT2D eigenvalue weighted by molar-refractivity contribution is 0.461. The first-order chi connectivity index (χ1) is 9.72. The molecular weight excluding hydrogens is 250 g/mol. The SMILES string of the molecule is Cc1cnc(C(N)Cc2ccn(C3CCCC3)n2)nc1. The number of aromatic nitrogens is 4. The third-order valence-electron chi connectivity index (χ3n) is 3.92. The first-order valence-electron chi connectivity index (χ1n) is 7.30. The molecule has 2 N–H and O–H groups in total. The van der Waals surface area contributed by atoms with Gasteiger partial charge in [0.15, 0.2) is 0 Å². The molecule has 0 aliphatic heterocycles. The summed E-state index contributed by atoms with van der Waals surface area (Å²) in [6.45, 7) is 1.97. The molecule has 0 saturated heterocycles. The Balaban J connectivity index is 1.66. The van der Waals surface area contributed by atoms with Gasteiger partial charge in [-0.3, -0.25) is 4.68 Å². The van der Waals surface area contributed by atoms with Crippen LogP contribution < -0.4 is 5.73 Å². The maximum Gasteiger partial charge on any atom is 0.145 e. The van der Waals surface area contributed by atoms with E-state index in [4.69, 9.17) is 5.73 Å². The Labute approximate surface area is 119 Å². The van der Waals surface area contributed by atoms with Crippen molar-refractivity contribution in [2.45, 2.75) is 51.1 Å². The monoisotopic (exact) mass is 271 g/mol. The Morgan fingerprint density at radius 3 is 2.70 bits per heavy atom. The number of nitrogens with two attached hydrogens (primary N) is 1. The summed E-state index contributed by atoms with van der Waals surface area (Å²) in [6, 6.07) is 2.45. The second-order valence-electron chi connectivity index (χ2n) is 5.65. The van der Waals surface area contributed by atoms with Crippen LogP contribution in [0.5, 0.6) is 0 Å². The third-order valence-corrected chi connectivity index (χ3v) is 3.92. The van der Waals surface area contributed by atoms with E-state index in [-0.39, 0.29) is 6.04 Å². The molecule has 0 amide bonds. The molecule has 5 nitrogen and oxygen atoms in total. The zero-order valence-electron chi connectivity index (χ0n) is 11.9. The van der Waals surface area contributed by atoms with Gasteiger partial charge in [-0.2, -0.15) is 5.10 Å². The Morgan fingerprint density at radius 2 is 2.00 bits per heavy atom. The van der Waals surface area contributed by atoms with Crippen LogP contribution in [-0.4, -0.2) is 19.7 Å². The van der Waals surface area contributed by atoms with E-state index in [1.54, 1.807) is 12.4 Å². The Kier molecular flexibility index (Phi) is 3.78. The number of hydrogen-bond donors (Lipinski definition) is 1. The molecular formula is C15H21N5. The molecule has 1 atom stereocenters. The van der Waals surface area contributed by atoms with Gasteiger partial charge >= 0.3 is 0 Å². The van der Waals surface area contributed by atoms with Gasteiger partial charge in [0.1, 0.15) is 5.82 Å². The van der Waals surface area contributed by atoms with Crippen molar-refractivity contribution in [1.82, 2.24) is 19.7 Å². The predicted molar refractivity (Wildman–Crippen MR) is 77.1 cm³/mol. The fourth-order valence-electron chi connectivity index (χ4n) is 2.77. The van der Waals surface area contributed by atoms with Crippen molar-refractivity contribution < 1.29 is 0 Å². The normalized spacial score (nSPS) is 17.5. The fourth-order valence-corrected chi connectivity index (χ4v) is 2.77. The molecule has 1 saturated carbocycles. The van der Waals surface area contributed by atoms with Gasteiger partial charge in [-0.05, 0) is 31.4 Å². The fraction of sp³-hybridized carbons (Fsp3) is 0.533. The smallest absolute Gasteiger partial charge is 0.145 e. The van der Waals surface area contributed by atoms with Gasteiger partial charge in [0.05, 0.1) is 17.8 Å². The van der Waals surface area contributed by atoms with E-state index in [9.17, 15) is 0 Å². The number of hydrogen-bond acceptors (Lipinski definition) is 4. The summed E-state index contributed by atoms with van der Waals surface area (Å²) in [5.41, 5.74) is 8.24. The number of nitrogens with zero attached hydrogens (tertiary/aromatic N) is 4. The Hall–Kier alpha value is -1.75. The van der Waals surface area contributed by atoms with Crippen LogP contribution in [0, 0.1) is 6.92 Å². The van der Waals surface area contributed by atoms with Gasteiger partial charge in [-0.25, -0.2) is 9.97 Å². The van der Waals surface area contributed by atoms with Gasteiger partial charge in [0.2, 0.25) is 0 Å². The zero-order chi connectivity index (χ0) is 13.9. The molecule has 3 rings (SSSR count). The van der Waals surface area contributed by atoms with E-state index in [1.165, 1.54) is 25.7 Å². The lowest BCUT2D eigenvalue weighted by Gasteiger charge is -2.10. The summed E-state index contributed by atoms with van der Waals surface area (Å²) in [5.74, 6) is 0.686. The molecule has 106 valence electrons. The average Bonchev–Trinajstić information content (AvgIpc) is 3.09. The van der Waals surface area contributed by atoms with Crippen LogP contribution in [0.3, 0.4) is 0 Å². The van der Waals surface area contributed by atoms with Crippen LogP contribution in [0.25, 0.3) is 0 Å². The van der Waals surface area contributed by atoms with Crippen molar-refractivity contribution in [3.05, 3.63) is 41.7 Å². The summed E-state index contributed by atoms with van der Waals surface area (Å²) in [5, 5.41) is 4.66. The highest BCUT2D eigenvalue weighted by atomic mass is 15.3. The van der Waals surface area contributed by atoms with Crippen molar-refractivity contribution in [1.29, 1.82) is 0 Å². The van der Waals surface area contributed by atoms with Gasteiger partial charge in [-0.1, -0.05) is 12.8 Å². The van der Waals surface area contributed by atoms with Crippen LogP contribution >= 0.6 is 0 Å². The largest absolute Gasteiger partial charge is 0.321 e. The summed E-state index contributed by atoms with van der Waals surface area (Å²) >= 11 is 0. The minimum atomic E-state index is -0.192. The Morgan fingerprint density at radius 1 is 1.30 bits per heavy atom. The Bertz CT molecular complexity index is 554. The van der Waals surface area contributed by atoms with Crippen molar-refractivity contribution >= 4 is 0 Å². The molecule has 0 aromatic carbocycles. The summed E-state index contributed by atoms with van der Waals surface area (Å²) in [4.78, 5) is 8.58. The highest BCUT2D eigenvalue weighted by Crippen LogP contribution is 2.28. The van der Waals surface area contributed by atoms with Crippen LogP contribution in [-0.2, 0) is 6.42 Å².